The van der Waals surface area contributed by atoms with Gasteiger partial charge in [0.05, 0.1) is 10.6 Å². The van der Waals surface area contributed by atoms with Crippen LogP contribution in [0.3, 0.4) is 0 Å². The molecule has 0 unspecified atom stereocenters. The third kappa shape index (κ3) is 4.12. The molecule has 0 fully saturated rings. The van der Waals surface area contributed by atoms with E-state index in [4.69, 9.17) is 5.73 Å². The molecule has 0 aliphatic rings. The Morgan fingerprint density at radius 1 is 1.12 bits per heavy atom. The van der Waals surface area contributed by atoms with Crippen molar-refractivity contribution in [2.24, 2.45) is 5.73 Å². The van der Waals surface area contributed by atoms with Gasteiger partial charge < -0.3 is 5.73 Å². The van der Waals surface area contributed by atoms with Gasteiger partial charge in [-0.05, 0) is 50.1 Å². The summed E-state index contributed by atoms with van der Waals surface area (Å²) in [6, 6.07) is 5.37. The normalized spacial score (nSPS) is 10.9. The van der Waals surface area contributed by atoms with Gasteiger partial charge in [-0.25, -0.2) is 8.42 Å². The second-order valence-electron chi connectivity index (χ2n) is 3.78. The van der Waals surface area contributed by atoms with E-state index in [1.807, 2.05) is 19.9 Å². The van der Waals surface area contributed by atoms with Gasteiger partial charge in [0, 0.05) is 0 Å². The van der Waals surface area contributed by atoms with Crippen LogP contribution in [0.4, 0.5) is 0 Å². The summed E-state index contributed by atoms with van der Waals surface area (Å²) in [4.78, 5) is 0.411. The predicted octanol–water partition coefficient (Wildman–Crippen LogP) is 1.85. The van der Waals surface area contributed by atoms with Gasteiger partial charge in [0.1, 0.15) is 0 Å². The molecule has 0 atom stereocenters. The number of rotatable bonds is 4. The maximum absolute atomic E-state index is 11.8. The molecule has 0 aliphatic carbocycles. The van der Waals surface area contributed by atoms with Crippen LogP contribution in [0.2, 0.25) is 0 Å². The minimum absolute atomic E-state index is 0. The Morgan fingerprint density at radius 3 is 2.06 bits per heavy atom. The molecule has 92 valence electrons. The highest BCUT2D eigenvalue weighted by atomic mass is 35.5. The van der Waals surface area contributed by atoms with Crippen LogP contribution < -0.4 is 5.73 Å². The van der Waals surface area contributed by atoms with E-state index in [-0.39, 0.29) is 18.2 Å². The van der Waals surface area contributed by atoms with Crippen molar-refractivity contribution >= 4 is 22.2 Å². The summed E-state index contributed by atoms with van der Waals surface area (Å²) >= 11 is 0. The molecule has 0 spiro atoms. The van der Waals surface area contributed by atoms with Crippen LogP contribution in [0.5, 0.6) is 0 Å². The second kappa shape index (κ2) is 6.23. The van der Waals surface area contributed by atoms with Crippen LogP contribution >= 0.6 is 12.4 Å². The first-order valence-electron chi connectivity index (χ1n) is 4.97. The van der Waals surface area contributed by atoms with E-state index in [9.17, 15) is 8.42 Å². The van der Waals surface area contributed by atoms with Gasteiger partial charge in [0.25, 0.3) is 0 Å². The minimum atomic E-state index is -3.15. The van der Waals surface area contributed by atoms with E-state index in [1.54, 1.807) is 12.1 Å². The molecule has 0 bridgehead atoms. The molecular formula is C11H18ClNO2S. The SMILES string of the molecule is Cc1cc(C)cc(S(=O)(=O)CCCN)c1.Cl. The lowest BCUT2D eigenvalue weighted by Gasteiger charge is -2.06. The highest BCUT2D eigenvalue weighted by molar-refractivity contribution is 7.91. The molecule has 0 amide bonds. The number of sulfone groups is 1. The van der Waals surface area contributed by atoms with Crippen molar-refractivity contribution in [3.8, 4) is 0 Å². The Kier molecular flexibility index (Phi) is 6.00. The molecule has 0 saturated carbocycles. The van der Waals surface area contributed by atoms with Crippen molar-refractivity contribution in [1.82, 2.24) is 0 Å². The Balaban J connectivity index is 0.00000225. The van der Waals surface area contributed by atoms with Gasteiger partial charge in [0.15, 0.2) is 9.84 Å². The average Bonchev–Trinajstić information content (AvgIpc) is 2.13. The lowest BCUT2D eigenvalue weighted by atomic mass is 10.2. The van der Waals surface area contributed by atoms with Gasteiger partial charge >= 0.3 is 0 Å². The zero-order valence-electron chi connectivity index (χ0n) is 9.56. The van der Waals surface area contributed by atoms with E-state index in [1.165, 1.54) is 0 Å². The molecular weight excluding hydrogens is 246 g/mol. The predicted molar refractivity (Wildman–Crippen MR) is 68.9 cm³/mol. The average molecular weight is 264 g/mol. The zero-order chi connectivity index (χ0) is 11.5. The largest absolute Gasteiger partial charge is 0.330 e. The first-order valence-corrected chi connectivity index (χ1v) is 6.62. The van der Waals surface area contributed by atoms with Crippen LogP contribution in [0.1, 0.15) is 17.5 Å². The fraction of sp³-hybridized carbons (Fsp3) is 0.455. The van der Waals surface area contributed by atoms with Gasteiger partial charge in [-0.15, -0.1) is 12.4 Å². The number of aryl methyl sites for hydroxylation is 2. The van der Waals surface area contributed by atoms with Gasteiger partial charge in [0.2, 0.25) is 0 Å². The van der Waals surface area contributed by atoms with Crippen molar-refractivity contribution < 1.29 is 8.42 Å². The molecule has 3 nitrogen and oxygen atoms in total. The van der Waals surface area contributed by atoms with E-state index < -0.39 is 9.84 Å². The highest BCUT2D eigenvalue weighted by Crippen LogP contribution is 2.16. The molecule has 0 heterocycles. The van der Waals surface area contributed by atoms with Crippen LogP contribution in [0.25, 0.3) is 0 Å². The van der Waals surface area contributed by atoms with Gasteiger partial charge in [-0.3, -0.25) is 0 Å². The van der Waals surface area contributed by atoms with Crippen molar-refractivity contribution in [2.45, 2.75) is 25.2 Å². The molecule has 5 heteroatoms. The molecule has 1 rings (SSSR count). The minimum Gasteiger partial charge on any atom is -0.330 e. The first kappa shape index (κ1) is 15.4. The summed E-state index contributed by atoms with van der Waals surface area (Å²) in [6.07, 6.45) is 0.509. The zero-order valence-corrected chi connectivity index (χ0v) is 11.2. The lowest BCUT2D eigenvalue weighted by molar-refractivity contribution is 0.593. The monoisotopic (exact) mass is 263 g/mol. The van der Waals surface area contributed by atoms with Crippen LogP contribution in [-0.4, -0.2) is 20.7 Å². The highest BCUT2D eigenvalue weighted by Gasteiger charge is 2.13. The number of hydrogen-bond acceptors (Lipinski definition) is 3. The van der Waals surface area contributed by atoms with Crippen molar-refractivity contribution in [1.29, 1.82) is 0 Å². The molecule has 2 N–H and O–H groups in total. The molecule has 0 saturated heterocycles. The third-order valence-corrected chi connectivity index (χ3v) is 3.95. The fourth-order valence-corrected chi connectivity index (χ4v) is 3.02. The van der Waals surface area contributed by atoms with Crippen molar-refractivity contribution in [3.63, 3.8) is 0 Å². The standard InChI is InChI=1S/C11H17NO2S.ClH/c1-9-6-10(2)8-11(7-9)15(13,14)5-3-4-12;/h6-8H,3-5,12H2,1-2H3;1H. The summed E-state index contributed by atoms with van der Waals surface area (Å²) in [5.74, 6) is 0.131. The number of nitrogens with two attached hydrogens (primary N) is 1. The maximum atomic E-state index is 11.8. The van der Waals surface area contributed by atoms with Crippen LogP contribution in [0.15, 0.2) is 23.1 Å². The second-order valence-corrected chi connectivity index (χ2v) is 5.89. The topological polar surface area (TPSA) is 60.2 Å². The van der Waals surface area contributed by atoms with E-state index in [0.29, 0.717) is 17.9 Å². The molecule has 1 aromatic rings. The van der Waals surface area contributed by atoms with Crippen molar-refractivity contribution in [2.75, 3.05) is 12.3 Å². The van der Waals surface area contributed by atoms with Crippen molar-refractivity contribution in [3.05, 3.63) is 29.3 Å². The van der Waals surface area contributed by atoms with E-state index in [2.05, 4.69) is 0 Å². The van der Waals surface area contributed by atoms with Gasteiger partial charge in [-0.1, -0.05) is 6.07 Å². The van der Waals surface area contributed by atoms with E-state index >= 15 is 0 Å². The number of halogens is 1. The number of hydrogen-bond donors (Lipinski definition) is 1. The maximum Gasteiger partial charge on any atom is 0.178 e. The van der Waals surface area contributed by atoms with Crippen LogP contribution in [0, 0.1) is 13.8 Å². The lowest BCUT2D eigenvalue weighted by Crippen LogP contribution is -2.11. The number of benzene rings is 1. The Morgan fingerprint density at radius 2 is 1.62 bits per heavy atom. The molecule has 16 heavy (non-hydrogen) atoms. The Labute approximate surface area is 103 Å². The summed E-state index contributed by atoms with van der Waals surface area (Å²) in [6.45, 7) is 4.20. The third-order valence-electron chi connectivity index (χ3n) is 2.17. The summed E-state index contributed by atoms with van der Waals surface area (Å²) in [7, 11) is -3.15. The Bertz CT molecular complexity index is 423. The summed E-state index contributed by atoms with van der Waals surface area (Å²) in [5.41, 5.74) is 7.26. The van der Waals surface area contributed by atoms with E-state index in [0.717, 1.165) is 11.1 Å². The molecule has 0 aliphatic heterocycles. The first-order chi connectivity index (χ1) is 6.95. The molecule has 1 aromatic carbocycles. The Hall–Kier alpha value is -0.580. The molecule has 0 aromatic heterocycles. The van der Waals surface area contributed by atoms with Gasteiger partial charge in [-0.2, -0.15) is 0 Å². The summed E-state index contributed by atoms with van der Waals surface area (Å²) < 4.78 is 23.7. The van der Waals surface area contributed by atoms with Crippen LogP contribution in [-0.2, 0) is 9.84 Å². The quantitative estimate of drug-likeness (QED) is 0.902. The molecule has 0 radical (unpaired) electrons. The summed E-state index contributed by atoms with van der Waals surface area (Å²) in [5, 5.41) is 0. The smallest absolute Gasteiger partial charge is 0.178 e. The fourth-order valence-electron chi connectivity index (χ4n) is 1.50.